The zero-order valence-corrected chi connectivity index (χ0v) is 35.3. The highest BCUT2D eigenvalue weighted by molar-refractivity contribution is 6.23. The summed E-state index contributed by atoms with van der Waals surface area (Å²) in [5.74, 6) is -1.91. The number of amides is 4. The summed E-state index contributed by atoms with van der Waals surface area (Å²) in [4.78, 5) is 63.9. The fraction of sp³-hybridized carbons (Fsp3) is 0.0690. The Balaban J connectivity index is 1.12. The number of rotatable bonds is 8. The van der Waals surface area contributed by atoms with Crippen molar-refractivity contribution in [3.8, 4) is 0 Å². The first kappa shape index (κ1) is 39.9. The molecular weight excluding hydrogens is 789 g/mol. The molecule has 6 heteroatoms. The van der Waals surface area contributed by atoms with E-state index >= 15 is 19.2 Å². The Morgan fingerprint density at radius 1 is 0.281 bits per heavy atom. The van der Waals surface area contributed by atoms with Gasteiger partial charge in [0.1, 0.15) is 0 Å². The summed E-state index contributed by atoms with van der Waals surface area (Å²) < 4.78 is 0. The number of imide groups is 2. The van der Waals surface area contributed by atoms with Gasteiger partial charge in [0, 0.05) is 22.3 Å². The van der Waals surface area contributed by atoms with Gasteiger partial charge in [-0.15, -0.1) is 0 Å². The third kappa shape index (κ3) is 6.86. The number of benzene rings is 10. The number of hydrogen-bond donors (Lipinski definition) is 0. The largest absolute Gasteiger partial charge is 0.269 e. The zero-order chi connectivity index (χ0) is 43.9. The summed E-state index contributed by atoms with van der Waals surface area (Å²) in [6, 6.07) is 63.2. The Hall–Kier alpha value is -8.22. The standard InChI is InChI=1S/C58H42N2O4/c1-37(43-31-13-21-39-17-3-7-25-45(39)43)59(55(61)51-33-15-23-41-19-5-9-27-47(41)51)57(63)53-35-36-54(50-30-12-11-29-49(50)53)58(64)60(38(2)44-32-14-22-40-18-4-8-26-46(40)44)56(62)52-34-16-24-42-20-6-10-28-48(42)52/h3-38H,1-2H3/t37-,38-/m0/s1. The number of fused-ring (bicyclic) bond motifs is 5. The van der Waals surface area contributed by atoms with E-state index in [0.717, 1.165) is 54.2 Å². The molecule has 10 aromatic rings. The first-order valence-corrected chi connectivity index (χ1v) is 21.5. The zero-order valence-electron chi connectivity index (χ0n) is 35.3. The van der Waals surface area contributed by atoms with Crippen LogP contribution in [0.2, 0.25) is 0 Å². The Morgan fingerprint density at radius 3 is 0.891 bits per heavy atom. The van der Waals surface area contributed by atoms with E-state index in [0.29, 0.717) is 21.9 Å². The smallest absolute Gasteiger partial charge is 0.261 e. The maximum Gasteiger partial charge on any atom is 0.261 e. The molecule has 0 saturated heterocycles. The fourth-order valence-corrected chi connectivity index (χ4v) is 9.41. The number of carbonyl (C=O) groups excluding carboxylic acids is 4. The van der Waals surface area contributed by atoms with Crippen LogP contribution in [0, 0.1) is 0 Å². The van der Waals surface area contributed by atoms with E-state index in [-0.39, 0.29) is 11.1 Å². The maximum atomic E-state index is 15.5. The minimum absolute atomic E-state index is 0.252. The Morgan fingerprint density at radius 2 is 0.531 bits per heavy atom. The molecule has 6 nitrogen and oxygen atoms in total. The van der Waals surface area contributed by atoms with E-state index < -0.39 is 35.7 Å². The van der Waals surface area contributed by atoms with Crippen molar-refractivity contribution in [2.75, 3.05) is 0 Å². The lowest BCUT2D eigenvalue weighted by Gasteiger charge is -2.31. The summed E-state index contributed by atoms with van der Waals surface area (Å²) in [6.45, 7) is 3.77. The van der Waals surface area contributed by atoms with Crippen LogP contribution in [0.15, 0.2) is 206 Å². The minimum atomic E-state index is -0.694. The number of carbonyl (C=O) groups is 4. The highest BCUT2D eigenvalue weighted by Crippen LogP contribution is 2.37. The third-order valence-electron chi connectivity index (χ3n) is 12.6. The summed E-state index contributed by atoms with van der Waals surface area (Å²) >= 11 is 0. The average Bonchev–Trinajstić information content (AvgIpc) is 3.35. The van der Waals surface area contributed by atoms with Crippen LogP contribution in [0.3, 0.4) is 0 Å². The van der Waals surface area contributed by atoms with Crippen LogP contribution in [0.5, 0.6) is 0 Å². The molecule has 308 valence electrons. The molecule has 0 aliphatic carbocycles. The molecule has 0 bridgehead atoms. The SMILES string of the molecule is C[C@@H](c1cccc2ccccc12)N(C(=O)c1cccc2ccccc12)C(=O)c1ccc(C(=O)N(C(=O)c2cccc3ccccc23)[C@@H](C)c2cccc3ccccc23)c2ccccc12. The summed E-state index contributed by atoms with van der Waals surface area (Å²) in [7, 11) is 0. The average molecular weight is 831 g/mol. The van der Waals surface area contributed by atoms with Crippen molar-refractivity contribution in [2.24, 2.45) is 0 Å². The van der Waals surface area contributed by atoms with Crippen molar-refractivity contribution in [3.05, 3.63) is 240 Å². The van der Waals surface area contributed by atoms with Crippen molar-refractivity contribution >= 4 is 77.5 Å². The van der Waals surface area contributed by atoms with Gasteiger partial charge in [-0.05, 0) is 103 Å². The van der Waals surface area contributed by atoms with Gasteiger partial charge >= 0.3 is 0 Å². The van der Waals surface area contributed by atoms with Crippen LogP contribution in [-0.2, 0) is 0 Å². The minimum Gasteiger partial charge on any atom is -0.269 e. The summed E-state index contributed by atoms with van der Waals surface area (Å²) in [5, 5.41) is 8.05. The lowest BCUT2D eigenvalue weighted by Crippen LogP contribution is -2.40. The van der Waals surface area contributed by atoms with Gasteiger partial charge in [-0.2, -0.15) is 0 Å². The molecule has 0 aromatic heterocycles. The lowest BCUT2D eigenvalue weighted by atomic mass is 9.93. The number of hydrogen-bond acceptors (Lipinski definition) is 4. The number of nitrogens with zero attached hydrogens (tertiary/aromatic N) is 2. The van der Waals surface area contributed by atoms with Gasteiger partial charge in [0.25, 0.3) is 23.6 Å². The van der Waals surface area contributed by atoms with Crippen LogP contribution in [0.1, 0.15) is 78.5 Å². The highest BCUT2D eigenvalue weighted by atomic mass is 16.2. The second-order valence-electron chi connectivity index (χ2n) is 16.2. The molecule has 2 atom stereocenters. The van der Waals surface area contributed by atoms with E-state index in [1.165, 1.54) is 9.80 Å². The van der Waals surface area contributed by atoms with Gasteiger partial charge in [0.05, 0.1) is 12.1 Å². The van der Waals surface area contributed by atoms with E-state index in [1.54, 1.807) is 36.4 Å². The van der Waals surface area contributed by atoms with Gasteiger partial charge in [-0.25, -0.2) is 0 Å². The topological polar surface area (TPSA) is 74.8 Å². The van der Waals surface area contributed by atoms with Gasteiger partial charge in [-0.1, -0.05) is 182 Å². The van der Waals surface area contributed by atoms with E-state index in [1.807, 2.05) is 184 Å². The van der Waals surface area contributed by atoms with Gasteiger partial charge < -0.3 is 0 Å². The predicted molar refractivity (Wildman–Crippen MR) is 258 cm³/mol. The molecule has 0 N–H and O–H groups in total. The van der Waals surface area contributed by atoms with Gasteiger partial charge in [-0.3, -0.25) is 29.0 Å². The summed E-state index contributed by atoms with van der Waals surface area (Å²) in [5.41, 5.74) is 2.95. The molecule has 0 aliphatic heterocycles. The Kier molecular flexibility index (Phi) is 10.3. The Bertz CT molecular complexity index is 3250. The van der Waals surface area contributed by atoms with Crippen LogP contribution in [0.4, 0.5) is 0 Å². The molecule has 64 heavy (non-hydrogen) atoms. The van der Waals surface area contributed by atoms with Crippen LogP contribution in [0.25, 0.3) is 53.9 Å². The molecule has 0 radical (unpaired) electrons. The molecule has 0 fully saturated rings. The normalized spacial score (nSPS) is 12.3. The molecular formula is C58H42N2O4. The third-order valence-corrected chi connectivity index (χ3v) is 12.6. The van der Waals surface area contributed by atoms with Crippen LogP contribution >= 0.6 is 0 Å². The first-order chi connectivity index (χ1) is 31.3. The Labute approximate surface area is 370 Å². The van der Waals surface area contributed by atoms with E-state index in [2.05, 4.69) is 0 Å². The lowest BCUT2D eigenvalue weighted by molar-refractivity contribution is 0.0541. The molecule has 10 aromatic carbocycles. The molecule has 0 spiro atoms. The van der Waals surface area contributed by atoms with Gasteiger partial charge in [0.2, 0.25) is 0 Å². The second kappa shape index (κ2) is 16.6. The van der Waals surface area contributed by atoms with Crippen molar-refractivity contribution in [2.45, 2.75) is 25.9 Å². The summed E-state index contributed by atoms with van der Waals surface area (Å²) in [6.07, 6.45) is 0. The molecule has 0 saturated carbocycles. The van der Waals surface area contributed by atoms with Crippen molar-refractivity contribution < 1.29 is 19.2 Å². The van der Waals surface area contributed by atoms with E-state index in [4.69, 9.17) is 0 Å². The molecule has 10 rings (SSSR count). The predicted octanol–water partition coefficient (Wildman–Crippen LogP) is 13.5. The molecule has 4 amide bonds. The van der Waals surface area contributed by atoms with E-state index in [9.17, 15) is 0 Å². The van der Waals surface area contributed by atoms with Crippen molar-refractivity contribution in [1.82, 2.24) is 9.80 Å². The molecule has 0 unspecified atom stereocenters. The first-order valence-electron chi connectivity index (χ1n) is 21.5. The second-order valence-corrected chi connectivity index (χ2v) is 16.2. The van der Waals surface area contributed by atoms with Crippen molar-refractivity contribution in [3.63, 3.8) is 0 Å². The molecule has 0 aliphatic rings. The monoisotopic (exact) mass is 830 g/mol. The molecule has 0 heterocycles. The van der Waals surface area contributed by atoms with Crippen LogP contribution < -0.4 is 0 Å². The van der Waals surface area contributed by atoms with Crippen molar-refractivity contribution in [1.29, 1.82) is 0 Å². The quantitative estimate of drug-likeness (QED) is 0.143. The fourth-order valence-electron chi connectivity index (χ4n) is 9.41. The highest BCUT2D eigenvalue weighted by Gasteiger charge is 2.35. The van der Waals surface area contributed by atoms with Gasteiger partial charge in [0.15, 0.2) is 0 Å². The van der Waals surface area contributed by atoms with Crippen LogP contribution in [-0.4, -0.2) is 33.4 Å². The maximum absolute atomic E-state index is 15.5.